The van der Waals surface area contributed by atoms with Gasteiger partial charge in [-0.1, -0.05) is 0 Å². The molecule has 0 aromatic heterocycles. The summed E-state index contributed by atoms with van der Waals surface area (Å²) in [5.41, 5.74) is 1.90. The van der Waals surface area contributed by atoms with Gasteiger partial charge in [-0.15, -0.1) is 0 Å². The monoisotopic (exact) mass is 354 g/mol. The average Bonchev–Trinajstić information content (AvgIpc) is 2.76. The van der Waals surface area contributed by atoms with Gasteiger partial charge in [0.25, 0.3) is 0 Å². The molecule has 1 unspecified atom stereocenters. The van der Waals surface area contributed by atoms with Crippen LogP contribution in [0.1, 0.15) is 37.0 Å². The van der Waals surface area contributed by atoms with Crippen LogP contribution in [-0.4, -0.2) is 47.3 Å². The number of esters is 1. The van der Waals surface area contributed by atoms with Gasteiger partial charge >= 0.3 is 5.97 Å². The number of hydrogen-bond donors (Lipinski definition) is 0. The summed E-state index contributed by atoms with van der Waals surface area (Å²) in [6.07, 6.45) is 1.33. The first-order chi connectivity index (χ1) is 12.0. The Hall–Kier alpha value is -1.99. The zero-order chi connectivity index (χ0) is 18.4. The molecule has 0 saturated heterocycles. The van der Waals surface area contributed by atoms with Gasteiger partial charge < -0.3 is 28.4 Å². The Morgan fingerprint density at radius 1 is 1.12 bits per heavy atom. The molecule has 0 saturated carbocycles. The van der Waals surface area contributed by atoms with Crippen LogP contribution >= 0.6 is 0 Å². The van der Waals surface area contributed by atoms with Crippen LogP contribution in [0.15, 0.2) is 6.07 Å². The van der Waals surface area contributed by atoms with Crippen LogP contribution in [0, 0.1) is 0 Å². The molecule has 0 N–H and O–H groups in total. The molecule has 0 spiro atoms. The van der Waals surface area contributed by atoms with E-state index < -0.39 is 0 Å². The van der Waals surface area contributed by atoms with Gasteiger partial charge in [0.15, 0.2) is 11.5 Å². The van der Waals surface area contributed by atoms with Gasteiger partial charge in [0.05, 0.1) is 27.4 Å². The molecule has 1 aliphatic carbocycles. The van der Waals surface area contributed by atoms with Gasteiger partial charge in [-0.3, -0.25) is 4.79 Å². The molecule has 0 bridgehead atoms. The second-order valence-electron chi connectivity index (χ2n) is 5.78. The van der Waals surface area contributed by atoms with Crippen LogP contribution in [0.25, 0.3) is 0 Å². The number of rotatable bonds is 7. The van der Waals surface area contributed by atoms with Gasteiger partial charge in [0.1, 0.15) is 12.9 Å². The van der Waals surface area contributed by atoms with Gasteiger partial charge in [0, 0.05) is 26.0 Å². The van der Waals surface area contributed by atoms with E-state index in [4.69, 9.17) is 28.4 Å². The summed E-state index contributed by atoms with van der Waals surface area (Å²) in [5, 5.41) is 0. The molecule has 0 amide bonds. The molecule has 0 heterocycles. The molecule has 7 nitrogen and oxygen atoms in total. The lowest BCUT2D eigenvalue weighted by Gasteiger charge is -2.23. The number of carbonyl (C=O) groups excluding carboxylic acids is 1. The maximum atomic E-state index is 11.4. The van der Waals surface area contributed by atoms with Crippen molar-refractivity contribution in [2.24, 2.45) is 0 Å². The Morgan fingerprint density at radius 3 is 2.40 bits per heavy atom. The van der Waals surface area contributed by atoms with Gasteiger partial charge in [-0.05, 0) is 24.5 Å². The fourth-order valence-electron chi connectivity index (χ4n) is 3.22. The van der Waals surface area contributed by atoms with Gasteiger partial charge in [-0.2, -0.15) is 0 Å². The lowest BCUT2D eigenvalue weighted by Crippen LogP contribution is -2.19. The summed E-state index contributed by atoms with van der Waals surface area (Å²) in [6, 6.07) is 1.90. The molecule has 0 fully saturated rings. The third-order valence-electron chi connectivity index (χ3n) is 4.23. The highest BCUT2D eigenvalue weighted by Gasteiger charge is 2.32. The van der Waals surface area contributed by atoms with Crippen molar-refractivity contribution in [2.75, 3.05) is 35.2 Å². The standard InChI is InChI=1S/C18H26O7/c1-11(19)25-12-6-7-13-14(15(8-12)24-10-20-2)9-16(21-3)18(23-5)17(13)22-4/h9,12,15H,6-8,10H2,1-5H3/t12-,15?/m1/s1. The predicted molar refractivity (Wildman–Crippen MR) is 90.3 cm³/mol. The average molecular weight is 354 g/mol. The SMILES string of the molecule is COCOC1C[C@H](OC(C)=O)CCc2c1cc(OC)c(OC)c2OC. The Bertz CT molecular complexity index is 600. The fraction of sp³-hybridized carbons (Fsp3) is 0.611. The molecule has 0 radical (unpaired) electrons. The van der Waals surface area contributed by atoms with E-state index in [1.165, 1.54) is 6.92 Å². The van der Waals surface area contributed by atoms with E-state index in [1.54, 1.807) is 28.4 Å². The number of benzene rings is 1. The third kappa shape index (κ3) is 4.35. The van der Waals surface area contributed by atoms with E-state index in [0.717, 1.165) is 11.1 Å². The Kier molecular flexibility index (Phi) is 6.90. The molecule has 0 aliphatic heterocycles. The van der Waals surface area contributed by atoms with Crippen LogP contribution in [0.5, 0.6) is 17.2 Å². The number of ether oxygens (including phenoxy) is 6. The van der Waals surface area contributed by atoms with E-state index in [0.29, 0.717) is 36.5 Å². The van der Waals surface area contributed by atoms with Crippen LogP contribution in [0.2, 0.25) is 0 Å². The Morgan fingerprint density at radius 2 is 1.84 bits per heavy atom. The summed E-state index contributed by atoms with van der Waals surface area (Å²) >= 11 is 0. The van der Waals surface area contributed by atoms with E-state index in [9.17, 15) is 4.79 Å². The van der Waals surface area contributed by atoms with Crippen molar-refractivity contribution in [3.05, 3.63) is 17.2 Å². The smallest absolute Gasteiger partial charge is 0.302 e. The van der Waals surface area contributed by atoms with Crippen molar-refractivity contribution in [3.8, 4) is 17.2 Å². The zero-order valence-electron chi connectivity index (χ0n) is 15.4. The maximum Gasteiger partial charge on any atom is 0.302 e. The number of hydrogen-bond acceptors (Lipinski definition) is 7. The summed E-state index contributed by atoms with van der Waals surface area (Å²) < 4.78 is 32.9. The molecule has 2 atom stereocenters. The molecule has 1 aromatic rings. The van der Waals surface area contributed by atoms with E-state index in [-0.39, 0.29) is 25.0 Å². The highest BCUT2D eigenvalue weighted by atomic mass is 16.7. The number of carbonyl (C=O) groups is 1. The minimum atomic E-state index is -0.310. The fourth-order valence-corrected chi connectivity index (χ4v) is 3.22. The van der Waals surface area contributed by atoms with Crippen LogP contribution in [0.3, 0.4) is 0 Å². The molecule has 25 heavy (non-hydrogen) atoms. The highest BCUT2D eigenvalue weighted by Crippen LogP contribution is 2.47. The summed E-state index contributed by atoms with van der Waals surface area (Å²) in [6.45, 7) is 1.54. The number of methoxy groups -OCH3 is 4. The molecule has 140 valence electrons. The second kappa shape index (κ2) is 8.92. The third-order valence-corrected chi connectivity index (χ3v) is 4.23. The molecular weight excluding hydrogens is 328 g/mol. The minimum Gasteiger partial charge on any atom is -0.493 e. The molecule has 1 aromatic carbocycles. The van der Waals surface area contributed by atoms with Crippen LogP contribution in [-0.2, 0) is 25.4 Å². The second-order valence-corrected chi connectivity index (χ2v) is 5.78. The first kappa shape index (κ1) is 19.3. The predicted octanol–water partition coefficient (Wildman–Crippen LogP) is 2.64. The first-order valence-corrected chi connectivity index (χ1v) is 8.15. The zero-order valence-corrected chi connectivity index (χ0v) is 15.4. The van der Waals surface area contributed by atoms with Crippen LogP contribution < -0.4 is 14.2 Å². The van der Waals surface area contributed by atoms with Crippen molar-refractivity contribution < 1.29 is 33.2 Å². The Labute approximate surface area is 148 Å². The van der Waals surface area contributed by atoms with Crippen molar-refractivity contribution in [3.63, 3.8) is 0 Å². The van der Waals surface area contributed by atoms with E-state index >= 15 is 0 Å². The summed E-state index contributed by atoms with van der Waals surface area (Å²) in [7, 11) is 6.31. The quantitative estimate of drug-likeness (QED) is 0.423. The molecular formula is C18H26O7. The lowest BCUT2D eigenvalue weighted by molar-refractivity contribution is -0.150. The maximum absolute atomic E-state index is 11.4. The largest absolute Gasteiger partial charge is 0.493 e. The van der Waals surface area contributed by atoms with Gasteiger partial charge in [-0.25, -0.2) is 0 Å². The minimum absolute atomic E-state index is 0.132. The number of fused-ring (bicyclic) bond motifs is 1. The molecule has 7 heteroatoms. The summed E-state index contributed by atoms with van der Waals surface area (Å²) in [5.74, 6) is 1.42. The van der Waals surface area contributed by atoms with Crippen molar-refractivity contribution in [1.29, 1.82) is 0 Å². The van der Waals surface area contributed by atoms with E-state index in [1.807, 2.05) is 6.07 Å². The van der Waals surface area contributed by atoms with Crippen LogP contribution in [0.4, 0.5) is 0 Å². The van der Waals surface area contributed by atoms with Crippen molar-refractivity contribution in [1.82, 2.24) is 0 Å². The Balaban J connectivity index is 2.50. The molecule has 1 aliphatic rings. The topological polar surface area (TPSA) is 72.5 Å². The van der Waals surface area contributed by atoms with Crippen molar-refractivity contribution >= 4 is 5.97 Å². The first-order valence-electron chi connectivity index (χ1n) is 8.15. The van der Waals surface area contributed by atoms with E-state index in [2.05, 4.69) is 0 Å². The highest BCUT2D eigenvalue weighted by molar-refractivity contribution is 5.66. The van der Waals surface area contributed by atoms with Crippen molar-refractivity contribution in [2.45, 2.75) is 38.4 Å². The normalized spacial score (nSPS) is 19.6. The molecule has 2 rings (SSSR count). The lowest BCUT2D eigenvalue weighted by atomic mass is 9.98. The van der Waals surface area contributed by atoms with Gasteiger partial charge in [0.2, 0.25) is 5.75 Å². The summed E-state index contributed by atoms with van der Waals surface area (Å²) in [4.78, 5) is 11.4.